The van der Waals surface area contributed by atoms with E-state index in [1.165, 1.54) is 0 Å². The summed E-state index contributed by atoms with van der Waals surface area (Å²) in [6.07, 6.45) is -0.0773. The zero-order chi connectivity index (χ0) is 21.8. The number of halogens is 1. The molecule has 0 spiro atoms. The van der Waals surface area contributed by atoms with E-state index in [0.717, 1.165) is 23.6 Å². The van der Waals surface area contributed by atoms with Crippen LogP contribution in [0.5, 0.6) is 17.2 Å². The Morgan fingerprint density at radius 1 is 1.10 bits per heavy atom. The molecule has 1 atom stereocenters. The van der Waals surface area contributed by atoms with Crippen molar-refractivity contribution in [3.63, 3.8) is 0 Å². The van der Waals surface area contributed by atoms with Crippen LogP contribution < -0.4 is 30.6 Å². The third-order valence-electron chi connectivity index (χ3n) is 3.98. The van der Waals surface area contributed by atoms with Gasteiger partial charge in [-0.25, -0.2) is 4.99 Å². The number of nitrogens with zero attached hydrogens (tertiary/aromatic N) is 1. The Balaban J connectivity index is 0.00000480. The van der Waals surface area contributed by atoms with Crippen LogP contribution in [0.25, 0.3) is 0 Å². The number of nitrogens with two attached hydrogens (primary N) is 1. The van der Waals surface area contributed by atoms with Gasteiger partial charge in [-0.05, 0) is 43.7 Å². The summed E-state index contributed by atoms with van der Waals surface area (Å²) in [5.74, 6) is 2.26. The van der Waals surface area contributed by atoms with Crippen molar-refractivity contribution in [3.05, 3.63) is 54.1 Å². The number of hydrogen-bond donors (Lipinski definition) is 3. The molecule has 0 bridgehead atoms. The molecule has 4 N–H and O–H groups in total. The minimum atomic E-state index is -0.512. The lowest BCUT2D eigenvalue weighted by Gasteiger charge is -2.18. The van der Waals surface area contributed by atoms with Gasteiger partial charge in [0.1, 0.15) is 23.4 Å². The van der Waals surface area contributed by atoms with Crippen LogP contribution in [0.15, 0.2) is 53.5 Å². The summed E-state index contributed by atoms with van der Waals surface area (Å²) < 4.78 is 16.5. The van der Waals surface area contributed by atoms with Crippen LogP contribution in [0.3, 0.4) is 0 Å². The van der Waals surface area contributed by atoms with Gasteiger partial charge >= 0.3 is 0 Å². The van der Waals surface area contributed by atoms with E-state index in [2.05, 4.69) is 15.6 Å². The zero-order valence-corrected chi connectivity index (χ0v) is 20.4. The highest BCUT2D eigenvalue weighted by Gasteiger charge is 2.07. The number of guanidine groups is 1. The molecule has 0 heterocycles. The van der Waals surface area contributed by atoms with E-state index >= 15 is 0 Å². The molecule has 0 aliphatic heterocycles. The number of carbonyl (C=O) groups excluding carboxylic acids is 1. The second-order valence-corrected chi connectivity index (χ2v) is 6.59. The van der Waals surface area contributed by atoms with Crippen molar-refractivity contribution in [2.45, 2.75) is 26.5 Å². The molecule has 1 amide bonds. The maximum atomic E-state index is 10.9. The maximum Gasteiger partial charge on any atom is 0.255 e. The number of aliphatic imine (C=N–C) groups is 1. The van der Waals surface area contributed by atoms with Crippen LogP contribution in [0.2, 0.25) is 0 Å². The lowest BCUT2D eigenvalue weighted by atomic mass is 10.2. The maximum absolute atomic E-state index is 10.9. The Morgan fingerprint density at radius 3 is 2.52 bits per heavy atom. The number of ether oxygens (including phenoxy) is 3. The van der Waals surface area contributed by atoms with Crippen LogP contribution in [0.4, 0.5) is 0 Å². The van der Waals surface area contributed by atoms with E-state index in [0.29, 0.717) is 24.8 Å². The second-order valence-electron chi connectivity index (χ2n) is 6.59. The molecule has 9 heteroatoms. The third kappa shape index (κ3) is 10.3. The first-order valence-corrected chi connectivity index (χ1v) is 9.83. The van der Waals surface area contributed by atoms with E-state index in [9.17, 15) is 4.79 Å². The van der Waals surface area contributed by atoms with Gasteiger partial charge < -0.3 is 30.6 Å². The van der Waals surface area contributed by atoms with Crippen molar-refractivity contribution in [1.29, 1.82) is 0 Å². The van der Waals surface area contributed by atoms with Gasteiger partial charge in [-0.2, -0.15) is 0 Å². The Labute approximate surface area is 200 Å². The summed E-state index contributed by atoms with van der Waals surface area (Å²) in [6.45, 7) is 5.60. The fraction of sp³-hybridized carbons (Fsp3) is 0.364. The van der Waals surface area contributed by atoms with Gasteiger partial charge in [0.25, 0.3) is 5.91 Å². The van der Waals surface area contributed by atoms with Gasteiger partial charge in [0.05, 0.1) is 20.2 Å². The smallest absolute Gasteiger partial charge is 0.255 e. The van der Waals surface area contributed by atoms with Crippen molar-refractivity contribution in [3.8, 4) is 17.2 Å². The van der Waals surface area contributed by atoms with Gasteiger partial charge in [0.15, 0.2) is 12.6 Å². The molecule has 0 saturated heterocycles. The van der Waals surface area contributed by atoms with E-state index < -0.39 is 5.91 Å². The van der Waals surface area contributed by atoms with Crippen molar-refractivity contribution >= 4 is 35.8 Å². The average molecular weight is 542 g/mol. The molecule has 8 nitrogen and oxygen atoms in total. The summed E-state index contributed by atoms with van der Waals surface area (Å²) >= 11 is 0. The van der Waals surface area contributed by atoms with Gasteiger partial charge in [-0.3, -0.25) is 4.79 Å². The molecular weight excluding hydrogens is 511 g/mol. The molecule has 2 aromatic carbocycles. The highest BCUT2D eigenvalue weighted by molar-refractivity contribution is 14.0. The van der Waals surface area contributed by atoms with Crippen LogP contribution in [-0.2, 0) is 11.3 Å². The fourth-order valence-electron chi connectivity index (χ4n) is 2.59. The Hall–Kier alpha value is -2.69. The predicted octanol–water partition coefficient (Wildman–Crippen LogP) is 2.70. The number of amides is 1. The van der Waals surface area contributed by atoms with Crippen LogP contribution >= 0.6 is 24.0 Å². The highest BCUT2D eigenvalue weighted by atomic mass is 127. The molecule has 170 valence electrons. The number of methoxy groups -OCH3 is 1. The third-order valence-corrected chi connectivity index (χ3v) is 3.98. The molecule has 31 heavy (non-hydrogen) atoms. The highest BCUT2D eigenvalue weighted by Crippen LogP contribution is 2.19. The number of nitrogens with one attached hydrogen (secondary N) is 2. The van der Waals surface area contributed by atoms with Crippen molar-refractivity contribution < 1.29 is 19.0 Å². The molecular formula is C22H31IN4O4. The molecule has 2 aromatic rings. The largest absolute Gasteiger partial charge is 0.497 e. The number of benzene rings is 2. The number of hydrogen-bond acceptors (Lipinski definition) is 5. The molecule has 0 aromatic heterocycles. The lowest BCUT2D eigenvalue weighted by Crippen LogP contribution is -2.41. The van der Waals surface area contributed by atoms with E-state index in [1.54, 1.807) is 13.2 Å². The zero-order valence-electron chi connectivity index (χ0n) is 18.1. The fourth-order valence-corrected chi connectivity index (χ4v) is 2.59. The SMILES string of the molecule is CCNC(=NCc1cccc(OCC(N)=O)c1)NCC(C)Oc1cccc(OC)c1.I. The van der Waals surface area contributed by atoms with Gasteiger partial charge in [-0.15, -0.1) is 24.0 Å². The van der Waals surface area contributed by atoms with E-state index in [1.807, 2.05) is 56.3 Å². The van der Waals surface area contributed by atoms with E-state index in [-0.39, 0.29) is 36.7 Å². The molecule has 2 rings (SSSR count). The minimum absolute atomic E-state index is 0. The van der Waals surface area contributed by atoms with Crippen LogP contribution in [-0.4, -0.2) is 44.8 Å². The summed E-state index contributed by atoms with van der Waals surface area (Å²) in [7, 11) is 1.63. The molecule has 0 aliphatic rings. The Kier molecular flexibility index (Phi) is 12.2. The summed E-state index contributed by atoms with van der Waals surface area (Å²) in [5.41, 5.74) is 6.07. The molecule has 0 radical (unpaired) electrons. The normalized spacial score (nSPS) is 11.6. The quantitative estimate of drug-likeness (QED) is 0.229. The Morgan fingerprint density at radius 2 is 1.81 bits per heavy atom. The van der Waals surface area contributed by atoms with Crippen molar-refractivity contribution in [1.82, 2.24) is 10.6 Å². The Bertz CT molecular complexity index is 848. The van der Waals surface area contributed by atoms with Gasteiger partial charge in [0, 0.05) is 12.6 Å². The second kappa shape index (κ2) is 14.3. The monoisotopic (exact) mass is 542 g/mol. The van der Waals surface area contributed by atoms with Crippen LogP contribution in [0.1, 0.15) is 19.4 Å². The summed E-state index contributed by atoms with van der Waals surface area (Å²) in [6, 6.07) is 14.9. The van der Waals surface area contributed by atoms with Crippen molar-refractivity contribution in [2.75, 3.05) is 26.8 Å². The summed E-state index contributed by atoms with van der Waals surface area (Å²) in [4.78, 5) is 15.5. The van der Waals surface area contributed by atoms with Crippen molar-refractivity contribution in [2.24, 2.45) is 10.7 Å². The molecule has 0 saturated carbocycles. The number of primary amides is 1. The van der Waals surface area contributed by atoms with Gasteiger partial charge in [0.2, 0.25) is 0 Å². The topological polar surface area (TPSA) is 107 Å². The molecule has 0 fully saturated rings. The molecule has 1 unspecified atom stereocenters. The van der Waals surface area contributed by atoms with Crippen LogP contribution in [0, 0.1) is 0 Å². The predicted molar refractivity (Wildman–Crippen MR) is 132 cm³/mol. The minimum Gasteiger partial charge on any atom is -0.497 e. The first-order valence-electron chi connectivity index (χ1n) is 9.83. The average Bonchev–Trinajstić information content (AvgIpc) is 2.74. The lowest BCUT2D eigenvalue weighted by molar-refractivity contribution is -0.119. The first kappa shape index (κ1) is 26.3. The molecule has 0 aliphatic carbocycles. The number of carbonyl (C=O) groups is 1. The number of rotatable bonds is 11. The van der Waals surface area contributed by atoms with E-state index in [4.69, 9.17) is 19.9 Å². The standard InChI is InChI=1S/C22H30N4O4.HI/c1-4-24-22(25-13-16(2)30-20-10-6-8-18(12-20)28-3)26-14-17-7-5-9-19(11-17)29-15-21(23)27;/h5-12,16H,4,13-15H2,1-3H3,(H2,23,27)(H2,24,25,26);1H. The first-order chi connectivity index (χ1) is 14.5. The van der Waals surface area contributed by atoms with Gasteiger partial charge in [-0.1, -0.05) is 18.2 Å². The summed E-state index contributed by atoms with van der Waals surface area (Å²) in [5, 5.41) is 6.50.